The molecule has 2 aromatic rings. The largest absolute Gasteiger partial charge is 0.485 e. The molecule has 3 nitrogen and oxygen atoms in total. The molecule has 0 bridgehead atoms. The molecule has 0 aliphatic carbocycles. The molecule has 3 heteroatoms. The Balaban J connectivity index is 2.00. The second-order valence-electron chi connectivity index (χ2n) is 4.70. The van der Waals surface area contributed by atoms with Crippen molar-refractivity contribution in [1.82, 2.24) is 0 Å². The van der Waals surface area contributed by atoms with Crippen molar-refractivity contribution in [1.29, 1.82) is 0 Å². The minimum atomic E-state index is -0.0624. The fourth-order valence-corrected chi connectivity index (χ4v) is 1.79. The summed E-state index contributed by atoms with van der Waals surface area (Å²) in [5, 5.41) is 0. The van der Waals surface area contributed by atoms with Crippen molar-refractivity contribution in [2.75, 3.05) is 6.61 Å². The lowest BCUT2D eigenvalue weighted by Gasteiger charge is -2.07. The molecule has 0 spiro atoms. The highest BCUT2D eigenvalue weighted by molar-refractivity contribution is 5.97. The third kappa shape index (κ3) is 3.32. The molecule has 2 aromatic carbocycles. The van der Waals surface area contributed by atoms with E-state index in [1.807, 2.05) is 32.0 Å². The number of hydrogen-bond acceptors (Lipinski definition) is 3. The minimum Gasteiger partial charge on any atom is -0.485 e. The lowest BCUT2D eigenvalue weighted by Crippen LogP contribution is -2.11. The smallest absolute Gasteiger partial charge is 0.200 e. The first kappa shape index (κ1) is 14.0. The molecule has 0 aliphatic heterocycles. The zero-order valence-electron chi connectivity index (χ0n) is 11.6. The average Bonchev–Trinajstić information content (AvgIpc) is 2.48. The highest BCUT2D eigenvalue weighted by Gasteiger charge is 2.08. The molecule has 0 fully saturated rings. The number of Topliss-reactive ketones (excluding diaryl/α,β-unsaturated/α-hetero) is 1. The molecular weight excluding hydrogens is 252 g/mol. The van der Waals surface area contributed by atoms with Crippen molar-refractivity contribution in [3.63, 3.8) is 0 Å². The zero-order valence-corrected chi connectivity index (χ0v) is 11.6. The summed E-state index contributed by atoms with van der Waals surface area (Å²) in [6.45, 7) is 3.97. The van der Waals surface area contributed by atoms with Gasteiger partial charge in [-0.1, -0.05) is 12.1 Å². The Kier molecular flexibility index (Phi) is 4.31. The van der Waals surface area contributed by atoms with Crippen LogP contribution >= 0.6 is 0 Å². The van der Waals surface area contributed by atoms with Gasteiger partial charge in [-0.25, -0.2) is 0 Å². The summed E-state index contributed by atoms with van der Waals surface area (Å²) in [7, 11) is 0. The van der Waals surface area contributed by atoms with Crippen LogP contribution in [0.2, 0.25) is 0 Å². The zero-order chi connectivity index (χ0) is 14.5. The topological polar surface area (TPSA) is 43.4 Å². The minimum absolute atomic E-state index is 0.0110. The number of benzene rings is 2. The van der Waals surface area contributed by atoms with Gasteiger partial charge in [0.2, 0.25) is 0 Å². The van der Waals surface area contributed by atoms with Gasteiger partial charge in [-0.05, 0) is 55.3 Å². The van der Waals surface area contributed by atoms with Crippen LogP contribution in [0.4, 0.5) is 0 Å². The first-order chi connectivity index (χ1) is 9.60. The molecule has 0 saturated carbocycles. The molecule has 102 valence electrons. The quantitative estimate of drug-likeness (QED) is 0.616. The Morgan fingerprint density at radius 3 is 2.35 bits per heavy atom. The molecule has 0 radical (unpaired) electrons. The summed E-state index contributed by atoms with van der Waals surface area (Å²) >= 11 is 0. The van der Waals surface area contributed by atoms with Crippen molar-refractivity contribution in [2.24, 2.45) is 0 Å². The van der Waals surface area contributed by atoms with Gasteiger partial charge in [0, 0.05) is 11.1 Å². The van der Waals surface area contributed by atoms with E-state index >= 15 is 0 Å². The van der Waals surface area contributed by atoms with Gasteiger partial charge in [0.15, 0.2) is 12.4 Å². The van der Waals surface area contributed by atoms with Crippen LogP contribution in [-0.4, -0.2) is 18.7 Å². The number of carbonyl (C=O) groups is 2. The number of rotatable bonds is 5. The molecular formula is C17H16O3. The Bertz CT molecular complexity index is 627. The summed E-state index contributed by atoms with van der Waals surface area (Å²) in [6, 6.07) is 12.3. The molecule has 20 heavy (non-hydrogen) atoms. The van der Waals surface area contributed by atoms with Gasteiger partial charge in [-0.2, -0.15) is 0 Å². The number of hydrogen-bond donors (Lipinski definition) is 0. The third-order valence-corrected chi connectivity index (χ3v) is 3.21. The van der Waals surface area contributed by atoms with E-state index in [0.717, 1.165) is 17.4 Å². The summed E-state index contributed by atoms with van der Waals surface area (Å²) < 4.78 is 5.43. The van der Waals surface area contributed by atoms with E-state index in [0.29, 0.717) is 16.9 Å². The fourth-order valence-electron chi connectivity index (χ4n) is 1.79. The van der Waals surface area contributed by atoms with Crippen molar-refractivity contribution in [2.45, 2.75) is 13.8 Å². The van der Waals surface area contributed by atoms with Crippen LogP contribution in [0.25, 0.3) is 0 Å². The van der Waals surface area contributed by atoms with Crippen molar-refractivity contribution >= 4 is 12.1 Å². The first-order valence-electron chi connectivity index (χ1n) is 6.38. The van der Waals surface area contributed by atoms with Crippen LogP contribution in [-0.2, 0) is 0 Å². The Labute approximate surface area is 118 Å². The summed E-state index contributed by atoms with van der Waals surface area (Å²) in [4.78, 5) is 22.6. The summed E-state index contributed by atoms with van der Waals surface area (Å²) in [6.07, 6.45) is 0.768. The van der Waals surface area contributed by atoms with E-state index in [1.165, 1.54) is 0 Å². The molecule has 0 aliphatic rings. The molecule has 2 rings (SSSR count). The van der Waals surface area contributed by atoms with Crippen LogP contribution in [0.5, 0.6) is 5.75 Å². The normalized spacial score (nSPS) is 10.1. The lowest BCUT2D eigenvalue weighted by molar-refractivity contribution is 0.0921. The maximum Gasteiger partial charge on any atom is 0.200 e. The van der Waals surface area contributed by atoms with Gasteiger partial charge in [0.25, 0.3) is 0 Å². The van der Waals surface area contributed by atoms with Crippen molar-refractivity contribution < 1.29 is 14.3 Å². The molecule has 0 N–H and O–H groups in total. The van der Waals surface area contributed by atoms with Gasteiger partial charge in [0.05, 0.1) is 0 Å². The first-order valence-corrected chi connectivity index (χ1v) is 6.38. The lowest BCUT2D eigenvalue weighted by atomic mass is 10.0. The van der Waals surface area contributed by atoms with E-state index < -0.39 is 0 Å². The molecule has 0 amide bonds. The predicted octanol–water partition coefficient (Wildman–Crippen LogP) is 3.38. The third-order valence-electron chi connectivity index (χ3n) is 3.21. The van der Waals surface area contributed by atoms with Crippen LogP contribution in [0.3, 0.4) is 0 Å². The highest BCUT2D eigenvalue weighted by atomic mass is 16.5. The van der Waals surface area contributed by atoms with Gasteiger partial charge in [0.1, 0.15) is 12.0 Å². The van der Waals surface area contributed by atoms with Crippen LogP contribution in [0.1, 0.15) is 31.8 Å². The summed E-state index contributed by atoms with van der Waals surface area (Å²) in [5.41, 5.74) is 3.48. The van der Waals surface area contributed by atoms with Gasteiger partial charge in [-0.15, -0.1) is 0 Å². The van der Waals surface area contributed by atoms with E-state index in [4.69, 9.17) is 4.74 Å². The average molecular weight is 268 g/mol. The Morgan fingerprint density at radius 2 is 1.75 bits per heavy atom. The van der Waals surface area contributed by atoms with Crippen LogP contribution < -0.4 is 4.74 Å². The maximum atomic E-state index is 12.0. The maximum absolute atomic E-state index is 12.0. The van der Waals surface area contributed by atoms with E-state index in [-0.39, 0.29) is 12.4 Å². The van der Waals surface area contributed by atoms with Crippen molar-refractivity contribution in [3.05, 3.63) is 64.7 Å². The van der Waals surface area contributed by atoms with E-state index in [2.05, 4.69) is 0 Å². The monoisotopic (exact) mass is 268 g/mol. The number of ether oxygens (including phenoxy) is 1. The SMILES string of the molecule is Cc1ccc(C(=O)COc2ccc(C=O)cc2)cc1C. The van der Waals surface area contributed by atoms with E-state index in [1.54, 1.807) is 24.3 Å². The highest BCUT2D eigenvalue weighted by Crippen LogP contribution is 2.13. The number of carbonyl (C=O) groups excluding carboxylic acids is 2. The Morgan fingerprint density at radius 1 is 1.05 bits per heavy atom. The van der Waals surface area contributed by atoms with Crippen LogP contribution in [0, 0.1) is 13.8 Å². The fraction of sp³-hybridized carbons (Fsp3) is 0.176. The van der Waals surface area contributed by atoms with Crippen LogP contribution in [0.15, 0.2) is 42.5 Å². The second-order valence-corrected chi connectivity index (χ2v) is 4.70. The molecule has 0 unspecified atom stereocenters. The molecule has 0 heterocycles. The molecule has 0 atom stereocenters. The van der Waals surface area contributed by atoms with Gasteiger partial charge >= 0.3 is 0 Å². The number of aryl methyl sites for hydroxylation is 2. The number of aldehydes is 1. The van der Waals surface area contributed by atoms with Crippen molar-refractivity contribution in [3.8, 4) is 5.75 Å². The van der Waals surface area contributed by atoms with E-state index in [9.17, 15) is 9.59 Å². The second kappa shape index (κ2) is 6.15. The van der Waals surface area contributed by atoms with Gasteiger partial charge in [-0.3, -0.25) is 9.59 Å². The Hall–Kier alpha value is -2.42. The number of ketones is 1. The van der Waals surface area contributed by atoms with Gasteiger partial charge < -0.3 is 4.74 Å². The predicted molar refractivity (Wildman–Crippen MR) is 77.6 cm³/mol. The molecule has 0 aromatic heterocycles. The molecule has 0 saturated heterocycles. The standard InChI is InChI=1S/C17H16O3/c1-12-3-6-15(9-13(12)2)17(19)11-20-16-7-4-14(10-18)5-8-16/h3-10H,11H2,1-2H3. The summed E-state index contributed by atoms with van der Waals surface area (Å²) in [5.74, 6) is 0.514.